The zero-order valence-corrected chi connectivity index (χ0v) is 18.7. The van der Waals surface area contributed by atoms with Crippen LogP contribution < -0.4 is 4.90 Å². The van der Waals surface area contributed by atoms with Gasteiger partial charge in [0.25, 0.3) is 0 Å². The fourth-order valence-electron chi connectivity index (χ4n) is 3.70. The largest absolute Gasteiger partial charge is 0.419 e. The zero-order chi connectivity index (χ0) is 22.1. The molecule has 0 amide bonds. The van der Waals surface area contributed by atoms with E-state index in [9.17, 15) is 4.39 Å². The fourth-order valence-corrected chi connectivity index (χ4v) is 4.59. The van der Waals surface area contributed by atoms with Gasteiger partial charge in [0.2, 0.25) is 17.7 Å². The average molecular weight is 451 g/mol. The molecule has 1 aliphatic heterocycles. The van der Waals surface area contributed by atoms with Crippen molar-refractivity contribution in [1.29, 1.82) is 0 Å². The molecule has 0 spiro atoms. The first-order valence-electron chi connectivity index (χ1n) is 10.6. The highest BCUT2D eigenvalue weighted by atomic mass is 32.2. The number of aromatic nitrogens is 5. The highest BCUT2D eigenvalue weighted by Crippen LogP contribution is 2.37. The van der Waals surface area contributed by atoms with E-state index in [1.807, 2.05) is 6.92 Å². The predicted molar refractivity (Wildman–Crippen MR) is 122 cm³/mol. The molecule has 2 aromatic heterocycles. The van der Waals surface area contributed by atoms with Crippen LogP contribution in [0.4, 0.5) is 10.3 Å². The average Bonchev–Trinajstić information content (AvgIpc) is 3.56. The lowest BCUT2D eigenvalue weighted by Gasteiger charge is -2.19. The van der Waals surface area contributed by atoms with E-state index in [1.165, 1.54) is 29.5 Å². The highest BCUT2D eigenvalue weighted by Gasteiger charge is 2.25. The lowest BCUT2D eigenvalue weighted by Crippen LogP contribution is -2.22. The van der Waals surface area contributed by atoms with Crippen molar-refractivity contribution in [2.45, 2.75) is 37.1 Å². The number of nitrogens with zero attached hydrogens (tertiary/aromatic N) is 6. The van der Waals surface area contributed by atoms with E-state index in [0.717, 1.165) is 42.7 Å². The van der Waals surface area contributed by atoms with Gasteiger partial charge in [-0.3, -0.25) is 4.57 Å². The Morgan fingerprint density at radius 2 is 1.66 bits per heavy atom. The van der Waals surface area contributed by atoms with Crippen molar-refractivity contribution in [1.82, 2.24) is 25.0 Å². The second-order valence-corrected chi connectivity index (χ2v) is 9.17. The number of hydrogen-bond donors (Lipinski definition) is 0. The van der Waals surface area contributed by atoms with Crippen molar-refractivity contribution in [2.75, 3.05) is 18.0 Å². The molecule has 0 radical (unpaired) electrons. The molecule has 1 aliphatic rings. The van der Waals surface area contributed by atoms with Crippen molar-refractivity contribution in [3.05, 3.63) is 65.8 Å². The standard InChI is InChI=1S/C23H23FN6OS/c1-15-5-11-19(12-6-15)30-22(29-13-3-4-14-29)27-28-23(30)32-16(2)20-25-26-21(31-20)17-7-9-18(24)10-8-17/h5-12,16H,3-4,13-14H2,1-2H3. The van der Waals surface area contributed by atoms with Gasteiger partial charge in [-0.2, -0.15) is 0 Å². The molecule has 5 rings (SSSR count). The Morgan fingerprint density at radius 1 is 0.938 bits per heavy atom. The molecule has 1 unspecified atom stereocenters. The van der Waals surface area contributed by atoms with Crippen LogP contribution in [-0.4, -0.2) is 38.1 Å². The highest BCUT2D eigenvalue weighted by molar-refractivity contribution is 7.99. The quantitative estimate of drug-likeness (QED) is 0.373. The first-order valence-corrected chi connectivity index (χ1v) is 11.5. The van der Waals surface area contributed by atoms with Crippen LogP contribution in [0.1, 0.15) is 36.5 Å². The third-order valence-electron chi connectivity index (χ3n) is 5.46. The smallest absolute Gasteiger partial charge is 0.247 e. The molecule has 3 heterocycles. The molecule has 1 saturated heterocycles. The van der Waals surface area contributed by atoms with E-state index in [1.54, 1.807) is 12.1 Å². The molecule has 7 nitrogen and oxygen atoms in total. The molecule has 1 atom stereocenters. The topological polar surface area (TPSA) is 72.9 Å². The third-order valence-corrected chi connectivity index (χ3v) is 6.49. The Bertz CT molecular complexity index is 1200. The van der Waals surface area contributed by atoms with Crippen LogP contribution in [0, 0.1) is 12.7 Å². The maximum absolute atomic E-state index is 13.2. The molecular weight excluding hydrogens is 427 g/mol. The second-order valence-electron chi connectivity index (χ2n) is 7.86. The minimum atomic E-state index is -0.304. The molecular formula is C23H23FN6OS. The van der Waals surface area contributed by atoms with Gasteiger partial charge >= 0.3 is 0 Å². The van der Waals surface area contributed by atoms with Gasteiger partial charge in [-0.15, -0.1) is 20.4 Å². The van der Waals surface area contributed by atoms with Crippen molar-refractivity contribution in [2.24, 2.45) is 0 Å². The van der Waals surface area contributed by atoms with Crippen molar-refractivity contribution >= 4 is 17.7 Å². The van der Waals surface area contributed by atoms with E-state index in [4.69, 9.17) is 4.42 Å². The molecule has 0 aliphatic carbocycles. The van der Waals surface area contributed by atoms with Gasteiger partial charge in [-0.1, -0.05) is 29.5 Å². The molecule has 164 valence electrons. The van der Waals surface area contributed by atoms with E-state index in [-0.39, 0.29) is 11.1 Å². The number of hydrogen-bond acceptors (Lipinski definition) is 7. The monoisotopic (exact) mass is 450 g/mol. The van der Waals surface area contributed by atoms with Crippen LogP contribution in [0.15, 0.2) is 58.1 Å². The number of rotatable bonds is 6. The lowest BCUT2D eigenvalue weighted by molar-refractivity contribution is 0.508. The summed E-state index contributed by atoms with van der Waals surface area (Å²) in [7, 11) is 0. The van der Waals surface area contributed by atoms with Gasteiger partial charge in [0.05, 0.1) is 10.9 Å². The van der Waals surface area contributed by atoms with Crippen LogP contribution in [-0.2, 0) is 0 Å². The summed E-state index contributed by atoms with van der Waals surface area (Å²) in [6, 6.07) is 14.4. The molecule has 0 bridgehead atoms. The SMILES string of the molecule is Cc1ccc(-n2c(SC(C)c3nnc(-c4ccc(F)cc4)o3)nnc2N2CCCC2)cc1. The number of aryl methyl sites for hydroxylation is 1. The summed E-state index contributed by atoms with van der Waals surface area (Å²) < 4.78 is 21.2. The first kappa shape index (κ1) is 20.7. The van der Waals surface area contributed by atoms with E-state index in [0.29, 0.717) is 17.3 Å². The van der Waals surface area contributed by atoms with Gasteiger partial charge in [0.1, 0.15) is 5.82 Å². The maximum atomic E-state index is 13.2. The second kappa shape index (κ2) is 8.74. The van der Waals surface area contributed by atoms with Gasteiger partial charge in [0.15, 0.2) is 5.16 Å². The van der Waals surface area contributed by atoms with Gasteiger partial charge in [-0.25, -0.2) is 4.39 Å². The van der Waals surface area contributed by atoms with Crippen molar-refractivity contribution < 1.29 is 8.81 Å². The summed E-state index contributed by atoms with van der Waals surface area (Å²) in [6.45, 7) is 6.03. The Balaban J connectivity index is 1.43. The molecule has 0 N–H and O–H groups in total. The predicted octanol–water partition coefficient (Wildman–Crippen LogP) is 5.22. The summed E-state index contributed by atoms with van der Waals surface area (Å²) in [5.74, 6) is 1.40. The third kappa shape index (κ3) is 4.12. The van der Waals surface area contributed by atoms with Crippen molar-refractivity contribution in [3.8, 4) is 17.1 Å². The van der Waals surface area contributed by atoms with Gasteiger partial charge < -0.3 is 9.32 Å². The minimum absolute atomic E-state index is 0.142. The number of halogens is 1. The summed E-state index contributed by atoms with van der Waals surface area (Å²) in [5, 5.41) is 18.0. The van der Waals surface area contributed by atoms with Gasteiger partial charge in [-0.05, 0) is 63.1 Å². The zero-order valence-electron chi connectivity index (χ0n) is 17.9. The van der Waals surface area contributed by atoms with Crippen LogP contribution in [0.2, 0.25) is 0 Å². The van der Waals surface area contributed by atoms with E-state index >= 15 is 0 Å². The normalized spacial score (nSPS) is 14.8. The summed E-state index contributed by atoms with van der Waals surface area (Å²) in [6.07, 6.45) is 2.32. The van der Waals surface area contributed by atoms with Crippen LogP contribution in [0.5, 0.6) is 0 Å². The Morgan fingerprint density at radius 3 is 2.38 bits per heavy atom. The molecule has 0 saturated carbocycles. The number of anilines is 1. The summed E-state index contributed by atoms with van der Waals surface area (Å²) in [4.78, 5) is 2.28. The number of thioether (sulfide) groups is 1. The Labute approximate surface area is 189 Å². The lowest BCUT2D eigenvalue weighted by atomic mass is 10.2. The molecule has 32 heavy (non-hydrogen) atoms. The number of benzene rings is 2. The van der Waals surface area contributed by atoms with Crippen LogP contribution in [0.3, 0.4) is 0 Å². The summed E-state index contributed by atoms with van der Waals surface area (Å²) >= 11 is 1.52. The van der Waals surface area contributed by atoms with E-state index in [2.05, 4.69) is 61.1 Å². The Hall–Kier alpha value is -3.20. The molecule has 4 aromatic rings. The van der Waals surface area contributed by atoms with Gasteiger partial charge in [0, 0.05) is 18.7 Å². The summed E-state index contributed by atoms with van der Waals surface area (Å²) in [5.41, 5.74) is 2.91. The van der Waals surface area contributed by atoms with Crippen LogP contribution >= 0.6 is 11.8 Å². The maximum Gasteiger partial charge on any atom is 0.247 e. The minimum Gasteiger partial charge on any atom is -0.419 e. The molecule has 9 heteroatoms. The first-order chi connectivity index (χ1) is 15.6. The van der Waals surface area contributed by atoms with Crippen LogP contribution in [0.25, 0.3) is 17.1 Å². The fraction of sp³-hybridized carbons (Fsp3) is 0.304. The molecule has 2 aromatic carbocycles. The van der Waals surface area contributed by atoms with Crippen molar-refractivity contribution in [3.63, 3.8) is 0 Å². The van der Waals surface area contributed by atoms with E-state index < -0.39 is 0 Å². The molecule has 1 fully saturated rings. The Kier molecular flexibility index (Phi) is 5.65.